The summed E-state index contributed by atoms with van der Waals surface area (Å²) in [6.07, 6.45) is 5.38. The van der Waals surface area contributed by atoms with Crippen LogP contribution in [-0.4, -0.2) is 42.9 Å². The molecule has 0 amide bonds. The molecule has 0 saturated carbocycles. The van der Waals surface area contributed by atoms with Crippen molar-refractivity contribution in [3.05, 3.63) is 64.0 Å². The van der Waals surface area contributed by atoms with Gasteiger partial charge in [-0.3, -0.25) is 20.0 Å². The van der Waals surface area contributed by atoms with E-state index in [1.54, 1.807) is 19.3 Å². The van der Waals surface area contributed by atoms with E-state index in [4.69, 9.17) is 0 Å². The highest BCUT2D eigenvalue weighted by molar-refractivity contribution is 7.89. The van der Waals surface area contributed by atoms with Gasteiger partial charge in [0, 0.05) is 37.6 Å². The molecule has 1 aliphatic heterocycles. The van der Waals surface area contributed by atoms with Gasteiger partial charge in [-0.05, 0) is 62.0 Å². The zero-order chi connectivity index (χ0) is 20.1. The Hall–Kier alpha value is -2.36. The summed E-state index contributed by atoms with van der Waals surface area (Å²) < 4.78 is 27.9. The van der Waals surface area contributed by atoms with Gasteiger partial charge in [-0.2, -0.15) is 0 Å². The summed E-state index contributed by atoms with van der Waals surface area (Å²) in [5.74, 6) is 0.252. The van der Waals surface area contributed by atoms with Gasteiger partial charge in [0.05, 0.1) is 9.82 Å². The van der Waals surface area contributed by atoms with Crippen molar-refractivity contribution in [2.45, 2.75) is 31.2 Å². The van der Waals surface area contributed by atoms with Gasteiger partial charge >= 0.3 is 0 Å². The fraction of sp³-hybridized carbons (Fsp3) is 0.421. The van der Waals surface area contributed by atoms with Crippen molar-refractivity contribution >= 4 is 15.7 Å². The van der Waals surface area contributed by atoms with Crippen LogP contribution in [0.15, 0.2) is 47.6 Å². The van der Waals surface area contributed by atoms with Crippen LogP contribution in [0.1, 0.15) is 24.0 Å². The van der Waals surface area contributed by atoms with Gasteiger partial charge in [-0.15, -0.1) is 0 Å². The van der Waals surface area contributed by atoms with E-state index in [1.807, 2.05) is 12.1 Å². The number of pyridine rings is 1. The molecule has 1 aromatic carbocycles. The fourth-order valence-electron chi connectivity index (χ4n) is 3.39. The second kappa shape index (κ2) is 8.76. The predicted molar refractivity (Wildman–Crippen MR) is 105 cm³/mol. The van der Waals surface area contributed by atoms with Crippen molar-refractivity contribution in [3.63, 3.8) is 0 Å². The lowest BCUT2D eigenvalue weighted by atomic mass is 9.97. The molecular weight excluding hydrogens is 380 g/mol. The molecule has 2 aromatic rings. The van der Waals surface area contributed by atoms with Crippen molar-refractivity contribution in [2.24, 2.45) is 5.92 Å². The molecule has 1 saturated heterocycles. The van der Waals surface area contributed by atoms with Crippen LogP contribution in [0.4, 0.5) is 5.69 Å². The summed E-state index contributed by atoms with van der Waals surface area (Å²) in [6.45, 7) is 4.66. The number of sulfonamides is 1. The van der Waals surface area contributed by atoms with Crippen LogP contribution in [0, 0.1) is 23.0 Å². The van der Waals surface area contributed by atoms with Gasteiger partial charge in [0.1, 0.15) is 0 Å². The zero-order valence-corrected chi connectivity index (χ0v) is 16.6. The highest BCUT2D eigenvalue weighted by Crippen LogP contribution is 2.23. The molecule has 1 aliphatic rings. The number of aryl methyl sites for hydroxylation is 1. The van der Waals surface area contributed by atoms with Gasteiger partial charge in [0.25, 0.3) is 5.69 Å². The number of hydrogen-bond acceptors (Lipinski definition) is 6. The highest BCUT2D eigenvalue weighted by atomic mass is 32.2. The van der Waals surface area contributed by atoms with Crippen molar-refractivity contribution in [1.82, 2.24) is 14.6 Å². The van der Waals surface area contributed by atoms with Crippen LogP contribution < -0.4 is 4.72 Å². The Bertz CT molecular complexity index is 926. The lowest BCUT2D eigenvalue weighted by molar-refractivity contribution is -0.385. The van der Waals surface area contributed by atoms with Crippen LogP contribution in [0.2, 0.25) is 0 Å². The molecule has 2 heterocycles. The lowest BCUT2D eigenvalue weighted by Crippen LogP contribution is -2.38. The molecule has 150 valence electrons. The minimum absolute atomic E-state index is 0.0307. The molecule has 3 rings (SSSR count). The monoisotopic (exact) mass is 404 g/mol. The number of hydrogen-bond donors (Lipinski definition) is 1. The molecule has 0 aliphatic carbocycles. The van der Waals surface area contributed by atoms with E-state index in [0.29, 0.717) is 12.1 Å². The fourth-order valence-corrected chi connectivity index (χ4v) is 4.77. The third-order valence-corrected chi connectivity index (χ3v) is 6.66. The number of non-ortho nitro benzene ring substituents is 1. The molecule has 0 spiro atoms. The average Bonchev–Trinajstić information content (AvgIpc) is 2.68. The minimum atomic E-state index is -3.78. The Morgan fingerprint density at radius 1 is 1.21 bits per heavy atom. The standard InChI is InChI=1S/C19H24N4O4S/c1-15-2-3-18(23(24)25)12-19(15)28(26,27)21-13-16-6-10-22(11-7-16)14-17-4-8-20-9-5-17/h2-5,8-9,12,16,21H,6-7,10-11,13-14H2,1H3. The predicted octanol–water partition coefficient (Wildman–Crippen LogP) is 2.49. The number of aromatic nitrogens is 1. The SMILES string of the molecule is Cc1ccc([N+](=O)[O-])cc1S(=O)(=O)NCC1CCN(Cc2ccncc2)CC1. The van der Waals surface area contributed by atoms with E-state index in [0.717, 1.165) is 38.5 Å². The van der Waals surface area contributed by atoms with Gasteiger partial charge in [0.2, 0.25) is 10.0 Å². The Labute approximate surface area is 164 Å². The van der Waals surface area contributed by atoms with E-state index in [-0.39, 0.29) is 16.5 Å². The van der Waals surface area contributed by atoms with Gasteiger partial charge in [-0.25, -0.2) is 13.1 Å². The second-order valence-electron chi connectivity index (χ2n) is 7.13. The maximum atomic E-state index is 12.6. The molecule has 1 aromatic heterocycles. The highest BCUT2D eigenvalue weighted by Gasteiger charge is 2.24. The zero-order valence-electron chi connectivity index (χ0n) is 15.7. The topological polar surface area (TPSA) is 105 Å². The molecule has 1 fully saturated rings. The maximum Gasteiger partial charge on any atom is 0.270 e. The first kappa shape index (κ1) is 20.4. The Kier molecular flexibility index (Phi) is 6.38. The van der Waals surface area contributed by atoms with E-state index in [9.17, 15) is 18.5 Å². The third-order valence-electron chi connectivity index (χ3n) is 5.10. The molecule has 8 nitrogen and oxygen atoms in total. The molecule has 0 unspecified atom stereocenters. The molecule has 0 atom stereocenters. The van der Waals surface area contributed by atoms with Crippen molar-refractivity contribution in [3.8, 4) is 0 Å². The molecule has 9 heteroatoms. The largest absolute Gasteiger partial charge is 0.299 e. The Balaban J connectivity index is 1.55. The molecule has 1 N–H and O–H groups in total. The Morgan fingerprint density at radius 3 is 2.54 bits per heavy atom. The van der Waals surface area contributed by atoms with E-state index in [2.05, 4.69) is 14.6 Å². The van der Waals surface area contributed by atoms with Crippen molar-refractivity contribution < 1.29 is 13.3 Å². The number of piperidine rings is 1. The number of likely N-dealkylation sites (tertiary alicyclic amines) is 1. The normalized spacial score (nSPS) is 16.2. The molecular formula is C19H24N4O4S. The number of nitrogens with one attached hydrogen (secondary N) is 1. The summed E-state index contributed by atoms with van der Waals surface area (Å²) in [5, 5.41) is 10.9. The molecule has 28 heavy (non-hydrogen) atoms. The smallest absolute Gasteiger partial charge is 0.270 e. The number of nitro benzene ring substituents is 1. The first-order valence-electron chi connectivity index (χ1n) is 9.21. The van der Waals surface area contributed by atoms with E-state index in [1.165, 1.54) is 17.7 Å². The molecule has 0 bridgehead atoms. The minimum Gasteiger partial charge on any atom is -0.299 e. The summed E-state index contributed by atoms with van der Waals surface area (Å²) in [6, 6.07) is 7.90. The Morgan fingerprint density at radius 2 is 1.89 bits per heavy atom. The van der Waals surface area contributed by atoms with Crippen molar-refractivity contribution in [2.75, 3.05) is 19.6 Å². The van der Waals surface area contributed by atoms with E-state index < -0.39 is 14.9 Å². The second-order valence-corrected chi connectivity index (χ2v) is 8.87. The maximum absolute atomic E-state index is 12.6. The van der Waals surface area contributed by atoms with Gasteiger partial charge < -0.3 is 0 Å². The van der Waals surface area contributed by atoms with Gasteiger partial charge in [0.15, 0.2) is 0 Å². The summed E-state index contributed by atoms with van der Waals surface area (Å²) in [4.78, 5) is 16.7. The number of nitro groups is 1. The van der Waals surface area contributed by atoms with E-state index >= 15 is 0 Å². The summed E-state index contributed by atoms with van der Waals surface area (Å²) in [5.41, 5.74) is 1.48. The first-order chi connectivity index (χ1) is 13.3. The average molecular weight is 404 g/mol. The third kappa shape index (κ3) is 5.12. The lowest BCUT2D eigenvalue weighted by Gasteiger charge is -2.32. The van der Waals surface area contributed by atoms with Crippen LogP contribution >= 0.6 is 0 Å². The quantitative estimate of drug-likeness (QED) is 0.561. The summed E-state index contributed by atoms with van der Waals surface area (Å²) in [7, 11) is -3.78. The number of rotatable bonds is 7. The van der Waals surface area contributed by atoms with Crippen LogP contribution in [0.3, 0.4) is 0 Å². The van der Waals surface area contributed by atoms with Gasteiger partial charge in [-0.1, -0.05) is 6.07 Å². The molecule has 0 radical (unpaired) electrons. The number of benzene rings is 1. The van der Waals surface area contributed by atoms with Crippen molar-refractivity contribution in [1.29, 1.82) is 0 Å². The summed E-state index contributed by atoms with van der Waals surface area (Å²) >= 11 is 0. The number of nitrogens with zero attached hydrogens (tertiary/aromatic N) is 3. The van der Waals surface area contributed by atoms with Crippen LogP contribution in [-0.2, 0) is 16.6 Å². The first-order valence-corrected chi connectivity index (χ1v) is 10.7. The van der Waals surface area contributed by atoms with Crippen LogP contribution in [0.5, 0.6) is 0 Å². The van der Waals surface area contributed by atoms with Crippen LogP contribution in [0.25, 0.3) is 0 Å².